The van der Waals surface area contributed by atoms with Crippen molar-refractivity contribution in [2.24, 2.45) is 7.05 Å². The number of nitrogens with zero attached hydrogens (tertiary/aromatic N) is 2. The molecule has 3 nitrogen and oxygen atoms in total. The largest absolute Gasteiger partial charge is 0.309 e. The van der Waals surface area contributed by atoms with Crippen LogP contribution in [0.15, 0.2) is 12.1 Å². The van der Waals surface area contributed by atoms with Gasteiger partial charge in [-0.05, 0) is 32.0 Å². The average molecular weight is 332 g/mol. The Morgan fingerprint density at radius 1 is 1.40 bits per heavy atom. The molecule has 2 rings (SSSR count). The first-order chi connectivity index (χ1) is 9.52. The molecule has 0 aliphatic carbocycles. The summed E-state index contributed by atoms with van der Waals surface area (Å²) in [6, 6.07) is 4.25. The topological polar surface area (TPSA) is 29.9 Å². The van der Waals surface area contributed by atoms with Gasteiger partial charge in [-0.1, -0.05) is 30.1 Å². The van der Waals surface area contributed by atoms with Crippen molar-refractivity contribution in [3.05, 3.63) is 37.8 Å². The number of thiophene rings is 1. The van der Waals surface area contributed by atoms with Crippen LogP contribution in [0.5, 0.6) is 0 Å². The summed E-state index contributed by atoms with van der Waals surface area (Å²) < 4.78 is 2.68. The van der Waals surface area contributed by atoms with Crippen molar-refractivity contribution in [1.29, 1.82) is 0 Å². The molecule has 0 fully saturated rings. The van der Waals surface area contributed by atoms with Gasteiger partial charge in [0, 0.05) is 24.4 Å². The lowest BCUT2D eigenvalue weighted by atomic mass is 10.1. The van der Waals surface area contributed by atoms with Gasteiger partial charge in [-0.25, -0.2) is 0 Å². The Hall–Kier alpha value is -0.550. The Balaban J connectivity index is 2.23. The van der Waals surface area contributed by atoms with E-state index in [4.69, 9.17) is 23.2 Å². The molecule has 20 heavy (non-hydrogen) atoms. The highest BCUT2D eigenvalue weighted by atomic mass is 35.5. The van der Waals surface area contributed by atoms with Crippen molar-refractivity contribution in [3.63, 3.8) is 0 Å². The van der Waals surface area contributed by atoms with Gasteiger partial charge in [0.05, 0.1) is 20.7 Å². The number of nitrogens with one attached hydrogen (secondary N) is 1. The summed E-state index contributed by atoms with van der Waals surface area (Å²) in [5.41, 5.74) is 1.94. The van der Waals surface area contributed by atoms with Crippen molar-refractivity contribution in [2.45, 2.75) is 32.7 Å². The first kappa shape index (κ1) is 15.8. The molecule has 0 saturated carbocycles. The summed E-state index contributed by atoms with van der Waals surface area (Å²) in [5, 5.41) is 8.70. The maximum atomic E-state index is 6.35. The van der Waals surface area contributed by atoms with Gasteiger partial charge < -0.3 is 5.32 Å². The summed E-state index contributed by atoms with van der Waals surface area (Å²) >= 11 is 14.0. The fourth-order valence-corrected chi connectivity index (χ4v) is 3.58. The van der Waals surface area contributed by atoms with Crippen LogP contribution in [-0.2, 0) is 13.5 Å². The van der Waals surface area contributed by atoms with Crippen molar-refractivity contribution >= 4 is 34.5 Å². The van der Waals surface area contributed by atoms with Crippen LogP contribution in [-0.4, -0.2) is 16.3 Å². The molecule has 1 unspecified atom stereocenters. The Kier molecular flexibility index (Phi) is 5.49. The number of aryl methyl sites for hydroxylation is 2. The maximum Gasteiger partial charge on any atom is 0.0931 e. The molecular formula is C14H19Cl2N3S. The molecule has 1 atom stereocenters. The highest BCUT2D eigenvalue weighted by Gasteiger charge is 2.19. The van der Waals surface area contributed by atoms with Gasteiger partial charge in [-0.15, -0.1) is 11.3 Å². The standard InChI is InChI=1S/C14H19Cl2N3S/c1-4-7-17-10(12-5-6-13(15)20-12)8-11-14(16)9(2)18-19(11)3/h5-6,10,17H,4,7-8H2,1-3H3. The average Bonchev–Trinajstić information content (AvgIpc) is 2.93. The van der Waals surface area contributed by atoms with Gasteiger partial charge in [-0.2, -0.15) is 5.10 Å². The number of aromatic nitrogens is 2. The van der Waals surface area contributed by atoms with Crippen LogP contribution in [0.1, 0.15) is 35.7 Å². The van der Waals surface area contributed by atoms with E-state index < -0.39 is 0 Å². The van der Waals surface area contributed by atoms with Crippen LogP contribution < -0.4 is 5.32 Å². The highest BCUT2D eigenvalue weighted by molar-refractivity contribution is 7.16. The van der Waals surface area contributed by atoms with Crippen LogP contribution in [0.3, 0.4) is 0 Å². The molecule has 0 spiro atoms. The van der Waals surface area contributed by atoms with E-state index in [0.717, 1.165) is 40.1 Å². The molecule has 1 N–H and O–H groups in total. The van der Waals surface area contributed by atoms with E-state index in [2.05, 4.69) is 23.4 Å². The van der Waals surface area contributed by atoms with Crippen LogP contribution in [0.25, 0.3) is 0 Å². The molecule has 0 aliphatic rings. The van der Waals surface area contributed by atoms with Crippen LogP contribution in [0.2, 0.25) is 9.36 Å². The fraction of sp³-hybridized carbons (Fsp3) is 0.500. The van der Waals surface area contributed by atoms with Gasteiger partial charge in [0.1, 0.15) is 0 Å². The Labute approximate surface area is 133 Å². The van der Waals surface area contributed by atoms with Crippen molar-refractivity contribution < 1.29 is 0 Å². The van der Waals surface area contributed by atoms with E-state index in [9.17, 15) is 0 Å². The predicted molar refractivity (Wildman–Crippen MR) is 87.0 cm³/mol. The lowest BCUT2D eigenvalue weighted by Gasteiger charge is -2.17. The van der Waals surface area contributed by atoms with Gasteiger partial charge >= 0.3 is 0 Å². The third-order valence-corrected chi connectivity index (χ3v) is 5.07. The molecule has 0 aliphatic heterocycles. The van der Waals surface area contributed by atoms with Crippen LogP contribution in [0, 0.1) is 6.92 Å². The molecule has 0 amide bonds. The lowest BCUT2D eigenvalue weighted by Crippen LogP contribution is -2.24. The first-order valence-corrected chi connectivity index (χ1v) is 8.26. The minimum atomic E-state index is 0.222. The summed E-state index contributed by atoms with van der Waals surface area (Å²) in [6.07, 6.45) is 1.90. The smallest absolute Gasteiger partial charge is 0.0931 e. The van der Waals surface area contributed by atoms with E-state index in [1.165, 1.54) is 4.88 Å². The van der Waals surface area contributed by atoms with Crippen molar-refractivity contribution in [2.75, 3.05) is 6.54 Å². The van der Waals surface area contributed by atoms with Crippen molar-refractivity contribution in [3.8, 4) is 0 Å². The minimum Gasteiger partial charge on any atom is -0.309 e. The third-order valence-electron chi connectivity index (χ3n) is 3.24. The summed E-state index contributed by atoms with van der Waals surface area (Å²) in [5.74, 6) is 0. The molecule has 2 aromatic heterocycles. The highest BCUT2D eigenvalue weighted by Crippen LogP contribution is 2.31. The van der Waals surface area contributed by atoms with Gasteiger partial charge in [0.2, 0.25) is 0 Å². The van der Waals surface area contributed by atoms with Gasteiger partial charge in [0.25, 0.3) is 0 Å². The second-order valence-corrected chi connectivity index (χ2v) is 6.95. The second kappa shape index (κ2) is 6.94. The SMILES string of the molecule is CCCNC(Cc1c(Cl)c(C)nn1C)c1ccc(Cl)s1. The summed E-state index contributed by atoms with van der Waals surface area (Å²) in [4.78, 5) is 1.23. The minimum absolute atomic E-state index is 0.222. The second-order valence-electron chi connectivity index (χ2n) is 4.82. The van der Waals surface area contributed by atoms with E-state index in [1.54, 1.807) is 11.3 Å². The maximum absolute atomic E-state index is 6.35. The fourth-order valence-electron chi connectivity index (χ4n) is 2.20. The lowest BCUT2D eigenvalue weighted by molar-refractivity contribution is 0.519. The summed E-state index contributed by atoms with van der Waals surface area (Å²) in [7, 11) is 1.94. The van der Waals surface area contributed by atoms with Gasteiger partial charge in [0.15, 0.2) is 0 Å². The van der Waals surface area contributed by atoms with E-state index in [-0.39, 0.29) is 6.04 Å². The predicted octanol–water partition coefficient (Wildman–Crippen LogP) is 4.38. The zero-order chi connectivity index (χ0) is 14.7. The Morgan fingerprint density at radius 3 is 2.65 bits per heavy atom. The van der Waals surface area contributed by atoms with Crippen molar-refractivity contribution in [1.82, 2.24) is 15.1 Å². The molecule has 0 bridgehead atoms. The Bertz CT molecular complexity index is 577. The zero-order valence-electron chi connectivity index (χ0n) is 11.9. The molecule has 110 valence electrons. The normalized spacial score (nSPS) is 12.8. The monoisotopic (exact) mass is 331 g/mol. The first-order valence-electron chi connectivity index (χ1n) is 6.69. The molecule has 0 aromatic carbocycles. The quantitative estimate of drug-likeness (QED) is 0.851. The summed E-state index contributed by atoms with van der Waals surface area (Å²) in [6.45, 7) is 5.06. The molecule has 2 aromatic rings. The van der Waals surface area contributed by atoms with E-state index in [0.29, 0.717) is 0 Å². The Morgan fingerprint density at radius 2 is 2.15 bits per heavy atom. The number of hydrogen-bond acceptors (Lipinski definition) is 3. The van der Waals surface area contributed by atoms with Gasteiger partial charge in [-0.3, -0.25) is 4.68 Å². The van der Waals surface area contributed by atoms with Crippen LogP contribution >= 0.6 is 34.5 Å². The number of hydrogen-bond donors (Lipinski definition) is 1. The van der Waals surface area contributed by atoms with E-state index >= 15 is 0 Å². The molecule has 2 heterocycles. The number of halogens is 2. The zero-order valence-corrected chi connectivity index (χ0v) is 14.2. The van der Waals surface area contributed by atoms with E-state index in [1.807, 2.05) is 24.7 Å². The molecule has 0 saturated heterocycles. The molecule has 0 radical (unpaired) electrons. The molecule has 6 heteroatoms. The molecular weight excluding hydrogens is 313 g/mol. The third kappa shape index (κ3) is 3.55. The number of rotatable bonds is 6. The van der Waals surface area contributed by atoms with Crippen LogP contribution in [0.4, 0.5) is 0 Å².